The first kappa shape index (κ1) is 14.0. The Morgan fingerprint density at radius 2 is 1.89 bits per heavy atom. The number of nitrogens with zero attached hydrogens (tertiary/aromatic N) is 2. The van der Waals surface area contributed by atoms with Crippen LogP contribution in [0.4, 0.5) is 0 Å². The number of aromatic nitrogens is 1. The summed E-state index contributed by atoms with van der Waals surface area (Å²) >= 11 is 1.63. The quantitative estimate of drug-likeness (QED) is 0.911. The smallest absolute Gasteiger partial charge is 0.0913 e. The van der Waals surface area contributed by atoms with E-state index in [2.05, 4.69) is 9.88 Å². The molecule has 2 rings (SSSR count). The van der Waals surface area contributed by atoms with Gasteiger partial charge in [0.25, 0.3) is 0 Å². The van der Waals surface area contributed by atoms with E-state index in [9.17, 15) is 5.11 Å². The fourth-order valence-electron chi connectivity index (χ4n) is 2.65. The summed E-state index contributed by atoms with van der Waals surface area (Å²) in [5.41, 5.74) is 1.00. The van der Waals surface area contributed by atoms with Crippen LogP contribution in [-0.2, 0) is 0 Å². The van der Waals surface area contributed by atoms with E-state index >= 15 is 0 Å². The third kappa shape index (κ3) is 3.77. The molecule has 0 aromatic carbocycles. The Labute approximate surface area is 114 Å². The second-order valence-electron chi connectivity index (χ2n) is 5.24. The minimum atomic E-state index is -0.334. The number of hydrogen-bond acceptors (Lipinski definition) is 4. The van der Waals surface area contributed by atoms with Crippen LogP contribution in [0.15, 0.2) is 0 Å². The highest BCUT2D eigenvalue weighted by atomic mass is 32.1. The minimum absolute atomic E-state index is 0.334. The van der Waals surface area contributed by atoms with E-state index in [4.69, 9.17) is 0 Å². The number of aliphatic hydroxyl groups excluding tert-OH is 1. The van der Waals surface area contributed by atoms with Crippen molar-refractivity contribution in [1.82, 2.24) is 9.88 Å². The molecule has 0 spiro atoms. The highest BCUT2D eigenvalue weighted by Crippen LogP contribution is 2.27. The zero-order valence-electron chi connectivity index (χ0n) is 11.5. The lowest BCUT2D eigenvalue weighted by Gasteiger charge is -2.21. The molecule has 2 heterocycles. The lowest BCUT2D eigenvalue weighted by atomic mass is 10.2. The van der Waals surface area contributed by atoms with Crippen molar-refractivity contribution in [3.05, 3.63) is 15.6 Å². The summed E-state index contributed by atoms with van der Waals surface area (Å²) in [5.74, 6) is 0. The van der Waals surface area contributed by atoms with Crippen molar-refractivity contribution in [3.63, 3.8) is 0 Å². The summed E-state index contributed by atoms with van der Waals surface area (Å²) in [4.78, 5) is 7.94. The van der Waals surface area contributed by atoms with Crippen LogP contribution in [0, 0.1) is 13.8 Å². The Balaban J connectivity index is 1.83. The Morgan fingerprint density at radius 1 is 1.22 bits per heavy atom. The Bertz CT molecular complexity index is 370. The first-order chi connectivity index (χ1) is 8.66. The molecule has 0 bridgehead atoms. The molecule has 1 saturated heterocycles. The van der Waals surface area contributed by atoms with Gasteiger partial charge < -0.3 is 10.0 Å². The summed E-state index contributed by atoms with van der Waals surface area (Å²) < 4.78 is 0. The third-order valence-electron chi connectivity index (χ3n) is 3.66. The SMILES string of the molecule is Cc1nc(C)c(C(O)CCN2CCCCCC2)s1. The highest BCUT2D eigenvalue weighted by Gasteiger charge is 2.16. The van der Waals surface area contributed by atoms with E-state index < -0.39 is 0 Å². The molecule has 1 N–H and O–H groups in total. The number of hydrogen-bond donors (Lipinski definition) is 1. The van der Waals surface area contributed by atoms with Gasteiger partial charge in [-0.3, -0.25) is 0 Å². The summed E-state index contributed by atoms with van der Waals surface area (Å²) in [6, 6.07) is 0. The van der Waals surface area contributed by atoms with E-state index in [-0.39, 0.29) is 6.10 Å². The second kappa shape index (κ2) is 6.64. The van der Waals surface area contributed by atoms with E-state index in [0.717, 1.165) is 28.5 Å². The zero-order chi connectivity index (χ0) is 13.0. The molecule has 0 radical (unpaired) electrons. The Hall–Kier alpha value is -0.450. The van der Waals surface area contributed by atoms with E-state index in [1.807, 2.05) is 13.8 Å². The van der Waals surface area contributed by atoms with Gasteiger partial charge in [0.1, 0.15) is 0 Å². The first-order valence-corrected chi connectivity index (χ1v) is 7.83. The molecule has 102 valence electrons. The first-order valence-electron chi connectivity index (χ1n) is 7.01. The largest absolute Gasteiger partial charge is 0.387 e. The van der Waals surface area contributed by atoms with Gasteiger partial charge in [0, 0.05) is 6.54 Å². The fraction of sp³-hybridized carbons (Fsp3) is 0.786. The van der Waals surface area contributed by atoms with Crippen LogP contribution in [0.3, 0.4) is 0 Å². The molecule has 1 aromatic heterocycles. The predicted molar refractivity (Wildman–Crippen MR) is 76.1 cm³/mol. The normalized spacial score (nSPS) is 19.7. The van der Waals surface area contributed by atoms with Crippen molar-refractivity contribution < 1.29 is 5.11 Å². The van der Waals surface area contributed by atoms with Gasteiger partial charge in [-0.15, -0.1) is 11.3 Å². The third-order valence-corrected chi connectivity index (χ3v) is 4.83. The zero-order valence-corrected chi connectivity index (χ0v) is 12.3. The Kier molecular flexibility index (Phi) is 5.15. The van der Waals surface area contributed by atoms with Gasteiger partial charge in [0.15, 0.2) is 0 Å². The molecule has 1 fully saturated rings. The topological polar surface area (TPSA) is 36.4 Å². The molecule has 1 aliphatic heterocycles. The van der Waals surface area contributed by atoms with Gasteiger partial charge in [-0.05, 0) is 46.2 Å². The molecular formula is C14H24N2OS. The van der Waals surface area contributed by atoms with Crippen molar-refractivity contribution >= 4 is 11.3 Å². The average molecular weight is 268 g/mol. The van der Waals surface area contributed by atoms with Crippen molar-refractivity contribution in [2.75, 3.05) is 19.6 Å². The van der Waals surface area contributed by atoms with Crippen LogP contribution in [0.2, 0.25) is 0 Å². The molecule has 1 aliphatic rings. The van der Waals surface area contributed by atoms with Gasteiger partial charge in [-0.25, -0.2) is 4.98 Å². The maximum atomic E-state index is 10.3. The van der Waals surface area contributed by atoms with Gasteiger partial charge in [0.05, 0.1) is 21.7 Å². The number of thiazole rings is 1. The van der Waals surface area contributed by atoms with Crippen molar-refractivity contribution in [3.8, 4) is 0 Å². The van der Waals surface area contributed by atoms with E-state index in [1.54, 1.807) is 11.3 Å². The molecule has 0 saturated carbocycles. The summed E-state index contributed by atoms with van der Waals surface area (Å²) in [6.07, 6.45) is 5.87. The fourth-order valence-corrected chi connectivity index (χ4v) is 3.60. The molecular weight excluding hydrogens is 244 g/mol. The van der Waals surface area contributed by atoms with Crippen molar-refractivity contribution in [2.24, 2.45) is 0 Å². The average Bonchev–Trinajstić information content (AvgIpc) is 2.57. The number of aliphatic hydroxyl groups is 1. The van der Waals surface area contributed by atoms with Crippen molar-refractivity contribution in [2.45, 2.75) is 52.1 Å². The van der Waals surface area contributed by atoms with E-state index in [1.165, 1.54) is 38.8 Å². The van der Waals surface area contributed by atoms with Gasteiger partial charge in [-0.1, -0.05) is 12.8 Å². The summed E-state index contributed by atoms with van der Waals surface area (Å²) in [5, 5.41) is 11.3. The van der Waals surface area contributed by atoms with Crippen LogP contribution in [0.5, 0.6) is 0 Å². The maximum absolute atomic E-state index is 10.3. The molecule has 1 atom stereocenters. The number of rotatable bonds is 4. The van der Waals surface area contributed by atoms with Crippen LogP contribution in [0.1, 0.15) is 53.8 Å². The van der Waals surface area contributed by atoms with E-state index in [0.29, 0.717) is 0 Å². The molecule has 1 unspecified atom stereocenters. The molecule has 0 amide bonds. The number of likely N-dealkylation sites (tertiary alicyclic amines) is 1. The van der Waals surface area contributed by atoms with Gasteiger partial charge in [0.2, 0.25) is 0 Å². The lowest BCUT2D eigenvalue weighted by molar-refractivity contribution is 0.145. The molecule has 3 nitrogen and oxygen atoms in total. The minimum Gasteiger partial charge on any atom is -0.387 e. The van der Waals surface area contributed by atoms with Crippen LogP contribution < -0.4 is 0 Å². The standard InChI is InChI=1S/C14H24N2OS/c1-11-14(18-12(2)15-11)13(17)7-10-16-8-5-3-4-6-9-16/h13,17H,3-10H2,1-2H3. The highest BCUT2D eigenvalue weighted by molar-refractivity contribution is 7.11. The molecule has 4 heteroatoms. The Morgan fingerprint density at radius 3 is 2.44 bits per heavy atom. The molecule has 1 aromatic rings. The van der Waals surface area contributed by atoms with Crippen LogP contribution in [0.25, 0.3) is 0 Å². The number of aryl methyl sites for hydroxylation is 2. The van der Waals surface area contributed by atoms with Crippen molar-refractivity contribution in [1.29, 1.82) is 0 Å². The molecule has 18 heavy (non-hydrogen) atoms. The van der Waals surface area contributed by atoms with Gasteiger partial charge in [-0.2, -0.15) is 0 Å². The maximum Gasteiger partial charge on any atom is 0.0913 e. The monoisotopic (exact) mass is 268 g/mol. The van der Waals surface area contributed by atoms with Gasteiger partial charge >= 0.3 is 0 Å². The lowest BCUT2D eigenvalue weighted by Crippen LogP contribution is -2.26. The van der Waals surface area contributed by atoms with Crippen LogP contribution >= 0.6 is 11.3 Å². The second-order valence-corrected chi connectivity index (χ2v) is 6.48. The van der Waals surface area contributed by atoms with Crippen LogP contribution in [-0.4, -0.2) is 34.6 Å². The predicted octanol–water partition coefficient (Wildman–Crippen LogP) is 3.06. The summed E-state index contributed by atoms with van der Waals surface area (Å²) in [7, 11) is 0. The molecule has 0 aliphatic carbocycles. The summed E-state index contributed by atoms with van der Waals surface area (Å²) in [6.45, 7) is 7.41.